The molecule has 0 saturated carbocycles. The van der Waals surface area contributed by atoms with Crippen molar-refractivity contribution in [2.45, 2.75) is 0 Å². The Balaban J connectivity index is 2.23. The summed E-state index contributed by atoms with van der Waals surface area (Å²) in [5.74, 6) is -1.36. The summed E-state index contributed by atoms with van der Waals surface area (Å²) in [6, 6.07) is 9.19. The zero-order valence-corrected chi connectivity index (χ0v) is 14.3. The van der Waals surface area contributed by atoms with Crippen LogP contribution in [0.5, 0.6) is 0 Å². The average molecular weight is 433 g/mol. The van der Waals surface area contributed by atoms with Crippen LogP contribution in [-0.2, 0) is 0 Å². The fourth-order valence-corrected chi connectivity index (χ4v) is 2.56. The number of hydrogen-bond acceptors (Lipinski definition) is 2. The summed E-state index contributed by atoms with van der Waals surface area (Å²) in [5, 5.41) is 12.1. The largest absolute Gasteiger partial charge is 0.478 e. The molecule has 0 saturated heterocycles. The Labute approximate surface area is 142 Å². The van der Waals surface area contributed by atoms with Gasteiger partial charge in [-0.3, -0.25) is 4.79 Å². The van der Waals surface area contributed by atoms with E-state index in [4.69, 9.17) is 16.7 Å². The van der Waals surface area contributed by atoms with E-state index in [2.05, 4.69) is 37.2 Å². The monoisotopic (exact) mass is 431 g/mol. The maximum atomic E-state index is 12.1. The van der Waals surface area contributed by atoms with Crippen molar-refractivity contribution >= 4 is 61.0 Å². The number of anilines is 1. The van der Waals surface area contributed by atoms with Crippen molar-refractivity contribution in [3.05, 3.63) is 61.5 Å². The highest BCUT2D eigenvalue weighted by Crippen LogP contribution is 2.26. The molecule has 2 aromatic carbocycles. The zero-order chi connectivity index (χ0) is 15.6. The number of carbonyl (C=O) groups excluding carboxylic acids is 1. The van der Waals surface area contributed by atoms with Gasteiger partial charge in [0, 0.05) is 14.5 Å². The first kappa shape index (κ1) is 16.0. The van der Waals surface area contributed by atoms with Crippen LogP contribution in [0.4, 0.5) is 5.69 Å². The van der Waals surface area contributed by atoms with Gasteiger partial charge in [0.25, 0.3) is 5.91 Å². The van der Waals surface area contributed by atoms with Crippen molar-refractivity contribution < 1.29 is 14.7 Å². The standard InChI is InChI=1S/C14H8Br2ClNO3/c15-9-5-7(1-3-11(9)17)13(19)18-12-4-2-8(14(20)21)6-10(12)16/h1-6H,(H,18,19)(H,20,21). The van der Waals surface area contributed by atoms with Crippen molar-refractivity contribution in [2.24, 2.45) is 0 Å². The lowest BCUT2D eigenvalue weighted by molar-refractivity contribution is 0.0696. The summed E-state index contributed by atoms with van der Waals surface area (Å²) in [6.45, 7) is 0. The molecule has 0 atom stereocenters. The number of hydrogen-bond donors (Lipinski definition) is 2. The summed E-state index contributed by atoms with van der Waals surface area (Å²) < 4.78 is 1.11. The van der Waals surface area contributed by atoms with E-state index in [1.807, 2.05) is 0 Å². The van der Waals surface area contributed by atoms with Crippen molar-refractivity contribution in [2.75, 3.05) is 5.32 Å². The number of benzene rings is 2. The fourth-order valence-electron chi connectivity index (χ4n) is 1.58. The van der Waals surface area contributed by atoms with Crippen LogP contribution >= 0.6 is 43.5 Å². The number of carboxylic acids is 1. The molecule has 1 amide bonds. The summed E-state index contributed by atoms with van der Waals surface area (Å²) in [4.78, 5) is 23.0. The van der Waals surface area contributed by atoms with Gasteiger partial charge in [0.05, 0.1) is 16.3 Å². The summed E-state index contributed by atoms with van der Waals surface area (Å²) in [7, 11) is 0. The van der Waals surface area contributed by atoms with Crippen LogP contribution in [0.25, 0.3) is 0 Å². The van der Waals surface area contributed by atoms with Crippen molar-refractivity contribution in [3.63, 3.8) is 0 Å². The van der Waals surface area contributed by atoms with E-state index in [9.17, 15) is 9.59 Å². The Morgan fingerprint density at radius 1 is 1.00 bits per heavy atom. The van der Waals surface area contributed by atoms with E-state index >= 15 is 0 Å². The summed E-state index contributed by atoms with van der Waals surface area (Å²) in [6.07, 6.45) is 0. The van der Waals surface area contributed by atoms with E-state index < -0.39 is 5.97 Å². The quantitative estimate of drug-likeness (QED) is 0.730. The number of aromatic carboxylic acids is 1. The second-order valence-corrected chi connectivity index (χ2v) is 6.20. The van der Waals surface area contributed by atoms with Crippen molar-refractivity contribution in [3.8, 4) is 0 Å². The lowest BCUT2D eigenvalue weighted by Gasteiger charge is -2.09. The zero-order valence-electron chi connectivity index (χ0n) is 10.4. The number of nitrogens with one attached hydrogen (secondary N) is 1. The minimum Gasteiger partial charge on any atom is -0.478 e. The number of halogens is 3. The molecular weight excluding hydrogens is 425 g/mol. The maximum Gasteiger partial charge on any atom is 0.335 e. The van der Waals surface area contributed by atoms with Crippen LogP contribution in [0.2, 0.25) is 5.02 Å². The first-order chi connectivity index (χ1) is 9.88. The highest BCUT2D eigenvalue weighted by Gasteiger charge is 2.12. The van der Waals surface area contributed by atoms with Gasteiger partial charge >= 0.3 is 5.97 Å². The van der Waals surface area contributed by atoms with Gasteiger partial charge in [-0.1, -0.05) is 11.6 Å². The topological polar surface area (TPSA) is 66.4 Å². The third-order valence-corrected chi connectivity index (χ3v) is 4.52. The molecule has 108 valence electrons. The number of rotatable bonds is 3. The Bertz CT molecular complexity index is 734. The summed E-state index contributed by atoms with van der Waals surface area (Å²) >= 11 is 12.4. The molecule has 0 aliphatic carbocycles. The van der Waals surface area contributed by atoms with Crippen LogP contribution in [0.15, 0.2) is 45.3 Å². The molecule has 0 unspecified atom stereocenters. The molecule has 21 heavy (non-hydrogen) atoms. The van der Waals surface area contributed by atoms with E-state index in [0.717, 1.165) is 0 Å². The first-order valence-corrected chi connectivity index (χ1v) is 7.64. The third-order valence-electron chi connectivity index (χ3n) is 2.65. The average Bonchev–Trinajstić information content (AvgIpc) is 2.43. The van der Waals surface area contributed by atoms with Gasteiger partial charge in [-0.2, -0.15) is 0 Å². The lowest BCUT2D eigenvalue weighted by atomic mass is 10.2. The van der Waals surface area contributed by atoms with E-state index in [1.54, 1.807) is 18.2 Å². The molecular formula is C14H8Br2ClNO3. The second kappa shape index (κ2) is 6.60. The molecule has 2 aromatic rings. The first-order valence-electron chi connectivity index (χ1n) is 5.67. The molecule has 0 aromatic heterocycles. The molecule has 0 spiro atoms. The lowest BCUT2D eigenvalue weighted by Crippen LogP contribution is -2.12. The van der Waals surface area contributed by atoms with Crippen LogP contribution in [0.1, 0.15) is 20.7 Å². The van der Waals surface area contributed by atoms with Gasteiger partial charge in [0.15, 0.2) is 0 Å². The van der Waals surface area contributed by atoms with Gasteiger partial charge in [0.1, 0.15) is 0 Å². The highest BCUT2D eigenvalue weighted by atomic mass is 79.9. The minimum absolute atomic E-state index is 0.133. The number of carbonyl (C=O) groups is 2. The van der Waals surface area contributed by atoms with E-state index in [0.29, 0.717) is 25.2 Å². The van der Waals surface area contributed by atoms with Crippen LogP contribution in [-0.4, -0.2) is 17.0 Å². The number of amides is 1. The fraction of sp³-hybridized carbons (Fsp3) is 0. The molecule has 2 N–H and O–H groups in total. The molecule has 0 aliphatic rings. The van der Waals surface area contributed by atoms with E-state index in [1.165, 1.54) is 18.2 Å². The minimum atomic E-state index is -1.03. The van der Waals surface area contributed by atoms with Gasteiger partial charge < -0.3 is 10.4 Å². The molecule has 0 radical (unpaired) electrons. The molecule has 0 fully saturated rings. The Kier molecular flexibility index (Phi) is 5.03. The normalized spacial score (nSPS) is 10.2. The predicted octanol–water partition coefficient (Wildman–Crippen LogP) is 4.82. The smallest absolute Gasteiger partial charge is 0.335 e. The van der Waals surface area contributed by atoms with Gasteiger partial charge in [-0.15, -0.1) is 0 Å². The third kappa shape index (κ3) is 3.84. The second-order valence-electron chi connectivity index (χ2n) is 4.08. The van der Waals surface area contributed by atoms with Crippen molar-refractivity contribution in [1.82, 2.24) is 0 Å². The molecule has 2 rings (SSSR count). The van der Waals surface area contributed by atoms with Gasteiger partial charge in [0.2, 0.25) is 0 Å². The number of carboxylic acid groups (broad SMARTS) is 1. The molecule has 0 heterocycles. The molecule has 0 bridgehead atoms. The predicted molar refractivity (Wildman–Crippen MR) is 88.2 cm³/mol. The maximum absolute atomic E-state index is 12.1. The van der Waals surface area contributed by atoms with E-state index in [-0.39, 0.29) is 11.5 Å². The molecule has 0 aliphatic heterocycles. The Morgan fingerprint density at radius 3 is 2.19 bits per heavy atom. The van der Waals surface area contributed by atoms with Gasteiger partial charge in [-0.05, 0) is 68.3 Å². The Hall–Kier alpha value is -1.37. The Morgan fingerprint density at radius 2 is 1.62 bits per heavy atom. The van der Waals surface area contributed by atoms with Crippen LogP contribution < -0.4 is 5.32 Å². The van der Waals surface area contributed by atoms with Crippen molar-refractivity contribution in [1.29, 1.82) is 0 Å². The molecule has 7 heteroatoms. The molecule has 4 nitrogen and oxygen atoms in total. The van der Waals surface area contributed by atoms with Crippen LogP contribution in [0, 0.1) is 0 Å². The highest BCUT2D eigenvalue weighted by molar-refractivity contribution is 9.11. The SMILES string of the molecule is O=C(O)c1ccc(NC(=O)c2ccc(Cl)c(Br)c2)c(Br)c1. The van der Waals surface area contributed by atoms with Crippen LogP contribution in [0.3, 0.4) is 0 Å². The van der Waals surface area contributed by atoms with Gasteiger partial charge in [-0.25, -0.2) is 4.79 Å². The summed E-state index contributed by atoms with van der Waals surface area (Å²) in [5.41, 5.74) is 1.05.